The number of hydrogen-bond donors (Lipinski definition) is 1. The zero-order chi connectivity index (χ0) is 23.5. The standard InChI is InChI=1S/C26H23NO6/c1-16(28)33-21-9-5-8-19(15-21)23-22(25(30)26(31)27(23)12-13-32-2)24(29)20-11-10-17-6-3-4-7-18(17)14-20/h3-11,14-15,23,29H,12-13H2,1-2H3/b24-22-. The van der Waals surface area contributed by atoms with Crippen molar-refractivity contribution in [2.45, 2.75) is 13.0 Å². The number of fused-ring (bicyclic) bond motifs is 1. The number of esters is 1. The number of ketones is 1. The van der Waals surface area contributed by atoms with Crippen LogP contribution in [0.3, 0.4) is 0 Å². The van der Waals surface area contributed by atoms with Crippen LogP contribution < -0.4 is 4.74 Å². The number of methoxy groups -OCH3 is 1. The van der Waals surface area contributed by atoms with E-state index < -0.39 is 23.7 Å². The average Bonchev–Trinajstić information content (AvgIpc) is 3.06. The van der Waals surface area contributed by atoms with Crippen molar-refractivity contribution in [1.82, 2.24) is 4.90 Å². The van der Waals surface area contributed by atoms with Crippen molar-refractivity contribution in [1.29, 1.82) is 0 Å². The van der Waals surface area contributed by atoms with Crippen LogP contribution in [-0.4, -0.2) is 47.9 Å². The van der Waals surface area contributed by atoms with E-state index in [2.05, 4.69) is 0 Å². The van der Waals surface area contributed by atoms with Crippen LogP contribution in [-0.2, 0) is 19.1 Å². The van der Waals surface area contributed by atoms with Gasteiger partial charge in [0, 0.05) is 26.1 Å². The van der Waals surface area contributed by atoms with Gasteiger partial charge < -0.3 is 19.5 Å². The molecule has 168 valence electrons. The van der Waals surface area contributed by atoms with E-state index in [0.717, 1.165) is 10.8 Å². The van der Waals surface area contributed by atoms with Gasteiger partial charge in [0.05, 0.1) is 18.2 Å². The summed E-state index contributed by atoms with van der Waals surface area (Å²) in [5.74, 6) is -1.97. The SMILES string of the molecule is COCCN1C(=O)C(=O)/C(=C(\O)c2ccc3ccccc3c2)C1c1cccc(OC(C)=O)c1. The molecule has 1 heterocycles. The van der Waals surface area contributed by atoms with E-state index in [-0.39, 0.29) is 30.2 Å². The van der Waals surface area contributed by atoms with Crippen molar-refractivity contribution in [2.75, 3.05) is 20.3 Å². The first kappa shape index (κ1) is 22.2. The Kier molecular flexibility index (Phi) is 6.24. The lowest BCUT2D eigenvalue weighted by Crippen LogP contribution is -2.32. The molecule has 1 fully saturated rings. The Hall–Kier alpha value is -3.97. The number of benzene rings is 3. The van der Waals surface area contributed by atoms with Gasteiger partial charge in [-0.25, -0.2) is 0 Å². The fraction of sp³-hybridized carbons (Fsp3) is 0.192. The Morgan fingerprint density at radius 1 is 1.00 bits per heavy atom. The van der Waals surface area contributed by atoms with Crippen molar-refractivity contribution in [3.8, 4) is 5.75 Å². The van der Waals surface area contributed by atoms with Gasteiger partial charge in [0.25, 0.3) is 11.7 Å². The molecule has 0 aromatic heterocycles. The molecule has 4 rings (SSSR count). The fourth-order valence-electron chi connectivity index (χ4n) is 4.05. The van der Waals surface area contributed by atoms with Crippen molar-refractivity contribution in [2.24, 2.45) is 0 Å². The topological polar surface area (TPSA) is 93.1 Å². The predicted molar refractivity (Wildman–Crippen MR) is 123 cm³/mol. The molecule has 0 saturated carbocycles. The zero-order valence-electron chi connectivity index (χ0n) is 18.3. The molecule has 1 unspecified atom stereocenters. The monoisotopic (exact) mass is 445 g/mol. The van der Waals surface area contributed by atoms with E-state index in [9.17, 15) is 19.5 Å². The molecule has 0 radical (unpaired) electrons. The lowest BCUT2D eigenvalue weighted by molar-refractivity contribution is -0.140. The summed E-state index contributed by atoms with van der Waals surface area (Å²) >= 11 is 0. The summed E-state index contributed by atoms with van der Waals surface area (Å²) in [6.07, 6.45) is 0. The number of Topliss-reactive ketones (excluding diaryl/α,β-unsaturated/α-hetero) is 1. The number of likely N-dealkylation sites (tertiary alicyclic amines) is 1. The molecule has 0 bridgehead atoms. The summed E-state index contributed by atoms with van der Waals surface area (Å²) in [5.41, 5.74) is 0.942. The van der Waals surface area contributed by atoms with Crippen LogP contribution in [0.5, 0.6) is 5.75 Å². The molecular formula is C26H23NO6. The number of nitrogens with zero attached hydrogens (tertiary/aromatic N) is 1. The average molecular weight is 445 g/mol. The quantitative estimate of drug-likeness (QED) is 0.204. The molecule has 33 heavy (non-hydrogen) atoms. The number of carbonyl (C=O) groups is 3. The van der Waals surface area contributed by atoms with Crippen molar-refractivity contribution in [3.05, 3.63) is 83.4 Å². The second-order valence-corrected chi connectivity index (χ2v) is 7.71. The molecule has 7 nitrogen and oxygen atoms in total. The second-order valence-electron chi connectivity index (χ2n) is 7.71. The van der Waals surface area contributed by atoms with E-state index in [1.165, 1.54) is 18.9 Å². The summed E-state index contributed by atoms with van der Waals surface area (Å²) in [5, 5.41) is 13.1. The van der Waals surface area contributed by atoms with Gasteiger partial charge >= 0.3 is 5.97 Å². The molecule has 1 N–H and O–H groups in total. The smallest absolute Gasteiger partial charge is 0.308 e. The summed E-state index contributed by atoms with van der Waals surface area (Å²) in [7, 11) is 1.50. The number of hydrogen-bond acceptors (Lipinski definition) is 6. The molecule has 1 aliphatic heterocycles. The third-order valence-corrected chi connectivity index (χ3v) is 5.53. The number of ether oxygens (including phenoxy) is 2. The van der Waals surface area contributed by atoms with Gasteiger partial charge in [0.2, 0.25) is 0 Å². The minimum absolute atomic E-state index is 0.0219. The van der Waals surface area contributed by atoms with E-state index in [1.807, 2.05) is 30.3 Å². The van der Waals surface area contributed by atoms with E-state index >= 15 is 0 Å². The zero-order valence-corrected chi connectivity index (χ0v) is 18.3. The highest BCUT2D eigenvalue weighted by molar-refractivity contribution is 6.46. The van der Waals surface area contributed by atoms with Crippen LogP contribution in [0.2, 0.25) is 0 Å². The van der Waals surface area contributed by atoms with E-state index in [0.29, 0.717) is 11.1 Å². The lowest BCUT2D eigenvalue weighted by atomic mass is 9.94. The van der Waals surface area contributed by atoms with E-state index in [4.69, 9.17) is 9.47 Å². The Morgan fingerprint density at radius 2 is 1.76 bits per heavy atom. The molecule has 3 aromatic carbocycles. The molecule has 7 heteroatoms. The molecule has 3 aromatic rings. The van der Waals surface area contributed by atoms with E-state index in [1.54, 1.807) is 36.4 Å². The molecular weight excluding hydrogens is 422 g/mol. The van der Waals surface area contributed by atoms with Gasteiger partial charge in [-0.3, -0.25) is 14.4 Å². The second kappa shape index (κ2) is 9.26. The first-order valence-corrected chi connectivity index (χ1v) is 10.5. The lowest BCUT2D eigenvalue weighted by Gasteiger charge is -2.25. The molecule has 1 aliphatic rings. The maximum atomic E-state index is 13.1. The van der Waals surface area contributed by atoms with Crippen LogP contribution in [0.25, 0.3) is 16.5 Å². The van der Waals surface area contributed by atoms with Gasteiger partial charge in [-0.05, 0) is 34.5 Å². The molecule has 1 amide bonds. The summed E-state index contributed by atoms with van der Waals surface area (Å²) in [4.78, 5) is 38.8. The third kappa shape index (κ3) is 4.36. The summed E-state index contributed by atoms with van der Waals surface area (Å²) in [6.45, 7) is 1.65. The Labute approximate surface area is 190 Å². The van der Waals surface area contributed by atoms with Crippen LogP contribution >= 0.6 is 0 Å². The first-order valence-electron chi connectivity index (χ1n) is 10.5. The van der Waals surface area contributed by atoms with Crippen LogP contribution in [0, 0.1) is 0 Å². The van der Waals surface area contributed by atoms with Crippen LogP contribution in [0.1, 0.15) is 24.1 Å². The number of aliphatic hydroxyl groups is 1. The number of aliphatic hydroxyl groups excluding tert-OH is 1. The molecule has 1 atom stereocenters. The minimum atomic E-state index is -0.859. The largest absolute Gasteiger partial charge is 0.507 e. The van der Waals surface area contributed by atoms with Crippen molar-refractivity contribution >= 4 is 34.2 Å². The molecule has 1 saturated heterocycles. The predicted octanol–water partition coefficient (Wildman–Crippen LogP) is 3.83. The highest BCUT2D eigenvalue weighted by Gasteiger charge is 2.46. The van der Waals surface area contributed by atoms with Crippen LogP contribution in [0.15, 0.2) is 72.3 Å². The van der Waals surface area contributed by atoms with Gasteiger partial charge in [0.1, 0.15) is 11.5 Å². The maximum absolute atomic E-state index is 13.1. The van der Waals surface area contributed by atoms with Gasteiger partial charge in [-0.1, -0.05) is 48.5 Å². The Balaban J connectivity index is 1.87. The van der Waals surface area contributed by atoms with Gasteiger partial charge in [-0.2, -0.15) is 0 Å². The normalized spacial score (nSPS) is 17.5. The number of carbonyl (C=O) groups excluding carboxylic acids is 3. The number of rotatable bonds is 6. The first-order chi connectivity index (χ1) is 15.9. The summed E-state index contributed by atoms with van der Waals surface area (Å²) in [6, 6.07) is 18.7. The molecule has 0 spiro atoms. The van der Waals surface area contributed by atoms with Gasteiger partial charge in [-0.15, -0.1) is 0 Å². The minimum Gasteiger partial charge on any atom is -0.507 e. The Bertz CT molecular complexity index is 1280. The highest BCUT2D eigenvalue weighted by Crippen LogP contribution is 2.40. The number of amides is 1. The highest BCUT2D eigenvalue weighted by atomic mass is 16.5. The Morgan fingerprint density at radius 3 is 2.48 bits per heavy atom. The van der Waals surface area contributed by atoms with Crippen molar-refractivity contribution < 1.29 is 29.0 Å². The van der Waals surface area contributed by atoms with Crippen molar-refractivity contribution in [3.63, 3.8) is 0 Å². The van der Waals surface area contributed by atoms with Gasteiger partial charge in [0.15, 0.2) is 0 Å². The van der Waals surface area contributed by atoms with Crippen LogP contribution in [0.4, 0.5) is 0 Å². The maximum Gasteiger partial charge on any atom is 0.308 e. The molecule has 0 aliphatic carbocycles. The fourth-order valence-corrected chi connectivity index (χ4v) is 4.05. The summed E-state index contributed by atoms with van der Waals surface area (Å²) < 4.78 is 10.3. The third-order valence-electron chi connectivity index (χ3n) is 5.53.